The Kier molecular flexibility index (Phi) is 9.28. The highest BCUT2D eigenvalue weighted by Crippen LogP contribution is 2.12. The first-order chi connectivity index (χ1) is 11.1. The lowest BCUT2D eigenvalue weighted by Crippen LogP contribution is -2.34. The Bertz CT molecular complexity index is 445. The van der Waals surface area contributed by atoms with Gasteiger partial charge < -0.3 is 24.4 Å². The highest BCUT2D eigenvalue weighted by molar-refractivity contribution is 5.74. The summed E-state index contributed by atoms with van der Waals surface area (Å²) in [6.45, 7) is 1.18. The maximum absolute atomic E-state index is 11.0. The van der Waals surface area contributed by atoms with Gasteiger partial charge in [0.05, 0.1) is 26.9 Å². The number of unbranched alkanes of at least 4 members (excludes halogenated alkanes) is 2. The van der Waals surface area contributed by atoms with Gasteiger partial charge in [-0.25, -0.2) is 4.79 Å². The quantitative estimate of drug-likeness (QED) is 0.475. The Morgan fingerprint density at radius 1 is 1.09 bits per heavy atom. The Hall–Kier alpha value is -1.63. The van der Waals surface area contributed by atoms with Gasteiger partial charge in [-0.2, -0.15) is 0 Å². The van der Waals surface area contributed by atoms with Crippen LogP contribution in [0.3, 0.4) is 0 Å². The first-order valence-corrected chi connectivity index (χ1v) is 7.73. The van der Waals surface area contributed by atoms with Crippen molar-refractivity contribution in [2.75, 3.05) is 20.8 Å². The van der Waals surface area contributed by atoms with Crippen LogP contribution in [-0.2, 0) is 20.9 Å². The maximum Gasteiger partial charge on any atom is 0.337 e. The second kappa shape index (κ2) is 11.0. The topological polar surface area (TPSA) is 85.2 Å². The van der Waals surface area contributed by atoms with Crippen molar-refractivity contribution >= 4 is 5.97 Å². The maximum atomic E-state index is 11.0. The molecule has 1 rings (SSSR count). The van der Waals surface area contributed by atoms with Crippen LogP contribution < -0.4 is 4.74 Å². The molecule has 1 aromatic carbocycles. The Morgan fingerprint density at radius 2 is 1.78 bits per heavy atom. The fraction of sp³-hybridized carbons (Fsp3) is 0.588. The molecule has 2 N–H and O–H groups in total. The molecule has 0 aliphatic carbocycles. The summed E-state index contributed by atoms with van der Waals surface area (Å²) >= 11 is 0. The van der Waals surface area contributed by atoms with Crippen molar-refractivity contribution in [1.82, 2.24) is 0 Å². The van der Waals surface area contributed by atoms with Gasteiger partial charge in [0.2, 0.25) is 0 Å². The van der Waals surface area contributed by atoms with E-state index in [4.69, 9.17) is 9.47 Å². The van der Waals surface area contributed by atoms with Crippen LogP contribution in [0.2, 0.25) is 0 Å². The number of benzene rings is 1. The number of carbonyl (C=O) groups excluding carboxylic acids is 1. The van der Waals surface area contributed by atoms with Crippen LogP contribution in [0.25, 0.3) is 0 Å². The van der Waals surface area contributed by atoms with E-state index in [1.165, 1.54) is 7.11 Å². The monoisotopic (exact) mass is 326 g/mol. The van der Waals surface area contributed by atoms with Gasteiger partial charge >= 0.3 is 5.97 Å². The van der Waals surface area contributed by atoms with E-state index in [2.05, 4.69) is 4.74 Å². The summed E-state index contributed by atoms with van der Waals surface area (Å²) in [5, 5.41) is 19.1. The molecule has 0 aliphatic rings. The van der Waals surface area contributed by atoms with Crippen molar-refractivity contribution in [2.24, 2.45) is 0 Å². The second-order valence-corrected chi connectivity index (χ2v) is 5.29. The average Bonchev–Trinajstić information content (AvgIpc) is 2.59. The summed E-state index contributed by atoms with van der Waals surface area (Å²) in [5.74, 6) is 0.0155. The van der Waals surface area contributed by atoms with Gasteiger partial charge in [-0.3, -0.25) is 0 Å². The minimum atomic E-state index is -1.47. The van der Waals surface area contributed by atoms with Crippen LogP contribution in [0.15, 0.2) is 24.3 Å². The Balaban J connectivity index is 2.05. The molecule has 0 fully saturated rings. The molecule has 6 heteroatoms. The fourth-order valence-electron chi connectivity index (χ4n) is 2.08. The molecule has 0 spiro atoms. The predicted molar refractivity (Wildman–Crippen MR) is 85.1 cm³/mol. The SMILES string of the molecule is COC(=O)[C@H](O)[C@@H](O)CCCCCOCc1ccc(OC)cc1. The van der Waals surface area contributed by atoms with Crippen LogP contribution in [0.1, 0.15) is 31.2 Å². The third-order valence-electron chi connectivity index (χ3n) is 3.52. The average molecular weight is 326 g/mol. The second-order valence-electron chi connectivity index (χ2n) is 5.29. The summed E-state index contributed by atoms with van der Waals surface area (Å²) < 4.78 is 15.0. The van der Waals surface area contributed by atoms with Crippen molar-refractivity contribution < 1.29 is 29.2 Å². The molecule has 0 heterocycles. The van der Waals surface area contributed by atoms with E-state index in [9.17, 15) is 15.0 Å². The lowest BCUT2D eigenvalue weighted by molar-refractivity contribution is -0.156. The van der Waals surface area contributed by atoms with E-state index in [1.54, 1.807) is 7.11 Å². The summed E-state index contributed by atoms with van der Waals surface area (Å²) in [6, 6.07) is 7.71. The number of ether oxygens (including phenoxy) is 3. The molecule has 130 valence electrons. The molecule has 0 saturated carbocycles. The van der Waals surface area contributed by atoms with Gasteiger partial charge in [-0.15, -0.1) is 0 Å². The van der Waals surface area contributed by atoms with Crippen LogP contribution in [0, 0.1) is 0 Å². The van der Waals surface area contributed by atoms with Gasteiger partial charge in [0.1, 0.15) is 5.75 Å². The van der Waals surface area contributed by atoms with Crippen molar-refractivity contribution in [2.45, 2.75) is 44.5 Å². The van der Waals surface area contributed by atoms with Crippen LogP contribution in [-0.4, -0.2) is 49.2 Å². The first-order valence-electron chi connectivity index (χ1n) is 7.73. The van der Waals surface area contributed by atoms with Crippen molar-refractivity contribution in [3.63, 3.8) is 0 Å². The largest absolute Gasteiger partial charge is 0.497 e. The van der Waals surface area contributed by atoms with Gasteiger partial charge in [0, 0.05) is 6.61 Å². The van der Waals surface area contributed by atoms with Gasteiger partial charge in [0.15, 0.2) is 6.10 Å². The molecule has 0 saturated heterocycles. The highest BCUT2D eigenvalue weighted by atomic mass is 16.5. The molecular weight excluding hydrogens is 300 g/mol. The lowest BCUT2D eigenvalue weighted by atomic mass is 10.1. The normalized spacial score (nSPS) is 13.4. The predicted octanol–water partition coefficient (Wildman–Crippen LogP) is 1.67. The van der Waals surface area contributed by atoms with Gasteiger partial charge in [0.25, 0.3) is 0 Å². The van der Waals surface area contributed by atoms with Gasteiger partial charge in [-0.1, -0.05) is 25.0 Å². The zero-order chi connectivity index (χ0) is 17.1. The van der Waals surface area contributed by atoms with E-state index >= 15 is 0 Å². The molecule has 2 atom stereocenters. The highest BCUT2D eigenvalue weighted by Gasteiger charge is 2.24. The lowest BCUT2D eigenvalue weighted by Gasteiger charge is -2.15. The van der Waals surface area contributed by atoms with Crippen LogP contribution >= 0.6 is 0 Å². The summed E-state index contributed by atoms with van der Waals surface area (Å²) in [4.78, 5) is 11.0. The number of methoxy groups -OCH3 is 2. The van der Waals surface area contributed by atoms with Crippen LogP contribution in [0.5, 0.6) is 5.75 Å². The molecule has 0 aliphatic heterocycles. The summed E-state index contributed by atoms with van der Waals surface area (Å²) in [6.07, 6.45) is 0.231. The summed E-state index contributed by atoms with van der Waals surface area (Å²) in [7, 11) is 2.81. The third-order valence-corrected chi connectivity index (χ3v) is 3.52. The van der Waals surface area contributed by atoms with Crippen molar-refractivity contribution in [1.29, 1.82) is 0 Å². The number of hydrogen-bond acceptors (Lipinski definition) is 6. The van der Waals surface area contributed by atoms with E-state index in [-0.39, 0.29) is 0 Å². The standard InChI is InChI=1S/C17H26O6/c1-21-14-9-7-13(8-10-14)12-23-11-5-3-4-6-15(18)16(19)17(20)22-2/h7-10,15-16,18-19H,3-6,11-12H2,1-2H3/t15-,16+/m0/s1. The van der Waals surface area contributed by atoms with E-state index in [0.29, 0.717) is 26.1 Å². The molecule has 0 unspecified atom stereocenters. The van der Waals surface area contributed by atoms with Crippen molar-refractivity contribution in [3.05, 3.63) is 29.8 Å². The Labute approximate surface area is 137 Å². The minimum absolute atomic E-state index is 0.356. The number of aliphatic hydroxyl groups excluding tert-OH is 2. The molecule has 0 bridgehead atoms. The summed E-state index contributed by atoms with van der Waals surface area (Å²) in [5.41, 5.74) is 1.09. The smallest absolute Gasteiger partial charge is 0.337 e. The molecule has 1 aromatic rings. The Morgan fingerprint density at radius 3 is 2.39 bits per heavy atom. The van der Waals surface area contributed by atoms with Crippen molar-refractivity contribution in [3.8, 4) is 5.75 Å². The molecular formula is C17H26O6. The number of aliphatic hydroxyl groups is 2. The van der Waals surface area contributed by atoms with Gasteiger partial charge in [-0.05, 0) is 30.5 Å². The number of esters is 1. The number of hydrogen-bond donors (Lipinski definition) is 2. The number of carbonyl (C=O) groups is 1. The molecule has 23 heavy (non-hydrogen) atoms. The molecule has 0 radical (unpaired) electrons. The van der Waals surface area contributed by atoms with Crippen LogP contribution in [0.4, 0.5) is 0 Å². The molecule has 6 nitrogen and oxygen atoms in total. The fourth-order valence-corrected chi connectivity index (χ4v) is 2.08. The van der Waals surface area contributed by atoms with E-state index < -0.39 is 18.2 Å². The minimum Gasteiger partial charge on any atom is -0.497 e. The zero-order valence-corrected chi connectivity index (χ0v) is 13.7. The molecule has 0 aromatic heterocycles. The first kappa shape index (κ1) is 19.4. The molecule has 0 amide bonds. The number of rotatable bonds is 11. The van der Waals surface area contributed by atoms with E-state index in [1.807, 2.05) is 24.3 Å². The zero-order valence-electron chi connectivity index (χ0n) is 13.7. The third kappa shape index (κ3) is 7.45. The van der Waals surface area contributed by atoms with E-state index in [0.717, 1.165) is 24.2 Å².